The van der Waals surface area contributed by atoms with Gasteiger partial charge in [-0.05, 0) is 37.1 Å². The molecule has 4 heteroatoms. The van der Waals surface area contributed by atoms with E-state index in [1.807, 2.05) is 49.4 Å². The summed E-state index contributed by atoms with van der Waals surface area (Å²) in [6.45, 7) is 6.04. The van der Waals surface area contributed by atoms with Crippen molar-refractivity contribution in [2.24, 2.45) is 0 Å². The number of fused-ring (bicyclic) bond motifs is 1. The van der Waals surface area contributed by atoms with Crippen molar-refractivity contribution in [3.05, 3.63) is 65.5 Å². The van der Waals surface area contributed by atoms with Gasteiger partial charge in [0.2, 0.25) is 0 Å². The number of nitrogens with one attached hydrogen (secondary N) is 1. The fourth-order valence-corrected chi connectivity index (χ4v) is 2.48. The summed E-state index contributed by atoms with van der Waals surface area (Å²) in [5.74, 6) is 0.647. The van der Waals surface area contributed by atoms with Crippen LogP contribution in [0.25, 0.3) is 10.9 Å². The fraction of sp³-hybridized carbons (Fsp3) is 0.211. The highest BCUT2D eigenvalue weighted by atomic mass is 16.1. The minimum Gasteiger partial charge on any atom is -0.307 e. The van der Waals surface area contributed by atoms with Crippen LogP contribution in [0.5, 0.6) is 0 Å². The summed E-state index contributed by atoms with van der Waals surface area (Å²) in [4.78, 5) is 21.7. The Balaban J connectivity index is 2.05. The maximum atomic E-state index is 12.7. The molecule has 0 aliphatic rings. The van der Waals surface area contributed by atoms with E-state index in [-0.39, 0.29) is 11.8 Å². The molecule has 1 aromatic carbocycles. The minimum atomic E-state index is -0.163. The number of hydrogen-bond donors (Lipinski definition) is 1. The zero-order valence-electron chi connectivity index (χ0n) is 13.5. The lowest BCUT2D eigenvalue weighted by Gasteiger charge is -2.12. The molecule has 0 radical (unpaired) electrons. The molecule has 0 unspecified atom stereocenters. The molecule has 1 N–H and O–H groups in total. The molecule has 3 aromatic rings. The van der Waals surface area contributed by atoms with E-state index in [1.54, 1.807) is 6.07 Å². The largest absolute Gasteiger partial charge is 0.307 e. The Labute approximate surface area is 135 Å². The molecular weight excluding hydrogens is 286 g/mol. The molecule has 2 aromatic heterocycles. The molecule has 116 valence electrons. The van der Waals surface area contributed by atoms with Crippen LogP contribution < -0.4 is 5.32 Å². The van der Waals surface area contributed by atoms with Gasteiger partial charge in [-0.1, -0.05) is 38.1 Å². The van der Waals surface area contributed by atoms with Crippen molar-refractivity contribution >= 4 is 22.6 Å². The van der Waals surface area contributed by atoms with Crippen molar-refractivity contribution in [1.82, 2.24) is 9.97 Å². The van der Waals surface area contributed by atoms with Gasteiger partial charge in [0.15, 0.2) is 0 Å². The molecule has 0 bridgehead atoms. The first kappa shape index (κ1) is 15.2. The molecule has 3 rings (SSSR count). The van der Waals surface area contributed by atoms with Crippen LogP contribution in [0.2, 0.25) is 0 Å². The number of aromatic nitrogens is 2. The molecule has 0 saturated carbocycles. The minimum absolute atomic E-state index is 0.163. The zero-order chi connectivity index (χ0) is 16.4. The molecule has 2 heterocycles. The third kappa shape index (κ3) is 3.21. The lowest BCUT2D eigenvalue weighted by atomic mass is 10.0. The Morgan fingerprint density at radius 2 is 1.83 bits per heavy atom. The van der Waals surface area contributed by atoms with Crippen molar-refractivity contribution in [2.75, 3.05) is 5.32 Å². The van der Waals surface area contributed by atoms with Crippen LogP contribution in [-0.4, -0.2) is 15.9 Å². The normalized spacial score (nSPS) is 11.0. The van der Waals surface area contributed by atoms with E-state index in [9.17, 15) is 4.79 Å². The number of hydrogen-bond acceptors (Lipinski definition) is 3. The van der Waals surface area contributed by atoms with E-state index < -0.39 is 0 Å². The number of anilines is 1. The number of carbonyl (C=O) groups is 1. The average molecular weight is 305 g/mol. The number of para-hydroxylation sites is 1. The Bertz CT molecular complexity index is 871. The van der Waals surface area contributed by atoms with Gasteiger partial charge in [0, 0.05) is 16.8 Å². The SMILES string of the molecule is Cc1cccc(NC(=O)c2cc(C(C)C)nc3ccccc23)n1. The van der Waals surface area contributed by atoms with Gasteiger partial charge < -0.3 is 5.32 Å². The number of carbonyl (C=O) groups excluding carboxylic acids is 1. The number of rotatable bonds is 3. The Kier molecular flexibility index (Phi) is 4.06. The van der Waals surface area contributed by atoms with Crippen molar-refractivity contribution in [3.8, 4) is 0 Å². The lowest BCUT2D eigenvalue weighted by Crippen LogP contribution is -2.14. The van der Waals surface area contributed by atoms with E-state index in [2.05, 4.69) is 29.1 Å². The highest BCUT2D eigenvalue weighted by Gasteiger charge is 2.15. The third-order valence-corrected chi connectivity index (χ3v) is 3.70. The highest BCUT2D eigenvalue weighted by Crippen LogP contribution is 2.23. The van der Waals surface area contributed by atoms with Gasteiger partial charge in [0.1, 0.15) is 5.82 Å². The predicted molar refractivity (Wildman–Crippen MR) is 92.8 cm³/mol. The van der Waals surface area contributed by atoms with Gasteiger partial charge in [0.25, 0.3) is 5.91 Å². The summed E-state index contributed by atoms with van der Waals surface area (Å²) in [5.41, 5.74) is 3.24. The molecule has 23 heavy (non-hydrogen) atoms. The predicted octanol–water partition coefficient (Wildman–Crippen LogP) is 4.31. The van der Waals surface area contributed by atoms with Crippen molar-refractivity contribution < 1.29 is 4.79 Å². The van der Waals surface area contributed by atoms with E-state index >= 15 is 0 Å². The molecule has 4 nitrogen and oxygen atoms in total. The van der Waals surface area contributed by atoms with E-state index in [1.165, 1.54) is 0 Å². The second-order valence-electron chi connectivity index (χ2n) is 5.88. The molecular formula is C19H19N3O. The number of amides is 1. The molecule has 0 fully saturated rings. The summed E-state index contributed by atoms with van der Waals surface area (Å²) >= 11 is 0. The quantitative estimate of drug-likeness (QED) is 0.784. The molecule has 0 spiro atoms. The van der Waals surface area contributed by atoms with Crippen LogP contribution >= 0.6 is 0 Å². The number of nitrogens with zero attached hydrogens (tertiary/aromatic N) is 2. The second-order valence-corrected chi connectivity index (χ2v) is 5.88. The summed E-state index contributed by atoms with van der Waals surface area (Å²) in [7, 11) is 0. The molecule has 0 aliphatic heterocycles. The summed E-state index contributed by atoms with van der Waals surface area (Å²) in [6, 6.07) is 15.1. The standard InChI is InChI=1S/C19H19N3O/c1-12(2)17-11-15(14-8-4-5-9-16(14)21-17)19(23)22-18-10-6-7-13(3)20-18/h4-12H,1-3H3,(H,20,22,23). The lowest BCUT2D eigenvalue weighted by molar-refractivity contribution is 0.102. The maximum Gasteiger partial charge on any atom is 0.257 e. The van der Waals surface area contributed by atoms with Gasteiger partial charge >= 0.3 is 0 Å². The van der Waals surface area contributed by atoms with Gasteiger partial charge in [0.05, 0.1) is 11.1 Å². The van der Waals surface area contributed by atoms with Crippen LogP contribution in [0.3, 0.4) is 0 Å². The van der Waals surface area contributed by atoms with Crippen molar-refractivity contribution in [1.29, 1.82) is 0 Å². The number of benzene rings is 1. The van der Waals surface area contributed by atoms with E-state index in [4.69, 9.17) is 0 Å². The molecule has 0 atom stereocenters. The van der Waals surface area contributed by atoms with Crippen molar-refractivity contribution in [3.63, 3.8) is 0 Å². The third-order valence-electron chi connectivity index (χ3n) is 3.70. The smallest absolute Gasteiger partial charge is 0.257 e. The first-order chi connectivity index (χ1) is 11.0. The van der Waals surface area contributed by atoms with Gasteiger partial charge in [-0.25, -0.2) is 4.98 Å². The first-order valence-corrected chi connectivity index (χ1v) is 7.69. The first-order valence-electron chi connectivity index (χ1n) is 7.69. The summed E-state index contributed by atoms with van der Waals surface area (Å²) in [5, 5.41) is 3.73. The fourth-order valence-electron chi connectivity index (χ4n) is 2.48. The Hall–Kier alpha value is -2.75. The van der Waals surface area contributed by atoms with Crippen LogP contribution in [0.1, 0.15) is 41.5 Å². The number of pyridine rings is 2. The monoisotopic (exact) mass is 305 g/mol. The Morgan fingerprint density at radius 3 is 2.57 bits per heavy atom. The van der Waals surface area contributed by atoms with E-state index in [0.29, 0.717) is 11.4 Å². The zero-order valence-corrected chi connectivity index (χ0v) is 13.5. The van der Waals surface area contributed by atoms with Gasteiger partial charge in [-0.2, -0.15) is 0 Å². The van der Waals surface area contributed by atoms with Crippen LogP contribution in [0.15, 0.2) is 48.5 Å². The maximum absolute atomic E-state index is 12.7. The summed E-state index contributed by atoms with van der Waals surface area (Å²) in [6.07, 6.45) is 0. The highest BCUT2D eigenvalue weighted by molar-refractivity contribution is 6.12. The van der Waals surface area contributed by atoms with Gasteiger partial charge in [-0.15, -0.1) is 0 Å². The van der Waals surface area contributed by atoms with E-state index in [0.717, 1.165) is 22.3 Å². The average Bonchev–Trinajstić information content (AvgIpc) is 2.53. The second kappa shape index (κ2) is 6.16. The van der Waals surface area contributed by atoms with Crippen LogP contribution in [0.4, 0.5) is 5.82 Å². The summed E-state index contributed by atoms with van der Waals surface area (Å²) < 4.78 is 0. The number of aryl methyl sites for hydroxylation is 1. The molecule has 1 amide bonds. The topological polar surface area (TPSA) is 54.9 Å². The van der Waals surface area contributed by atoms with Crippen LogP contribution in [-0.2, 0) is 0 Å². The molecule has 0 aliphatic carbocycles. The molecule has 0 saturated heterocycles. The van der Waals surface area contributed by atoms with Gasteiger partial charge in [-0.3, -0.25) is 9.78 Å². The Morgan fingerprint density at radius 1 is 1.04 bits per heavy atom. The van der Waals surface area contributed by atoms with Crippen LogP contribution in [0, 0.1) is 6.92 Å². The van der Waals surface area contributed by atoms with Crippen molar-refractivity contribution in [2.45, 2.75) is 26.7 Å².